The predicted molar refractivity (Wildman–Crippen MR) is 92.0 cm³/mol. The highest BCUT2D eigenvalue weighted by atomic mass is 16.2. The van der Waals surface area contributed by atoms with E-state index in [1.165, 1.54) is 0 Å². The standard InChI is InChI=1S/C18H21N3O4/c1-12-11-13(4-5-14(12)20-9-2-3-16(20)23)19-15(22)8-10-21-17(24)6-7-18(21)25/h4-5,11H,2-3,6-10H2,1H3,(H,19,22). The van der Waals surface area contributed by atoms with Crippen LogP contribution in [0.15, 0.2) is 18.2 Å². The van der Waals surface area contributed by atoms with Crippen molar-refractivity contribution >= 4 is 35.0 Å². The van der Waals surface area contributed by atoms with Crippen LogP contribution in [0, 0.1) is 6.92 Å². The fourth-order valence-corrected chi connectivity index (χ4v) is 3.25. The third-order valence-corrected chi connectivity index (χ3v) is 4.56. The zero-order valence-electron chi connectivity index (χ0n) is 14.2. The minimum atomic E-state index is -0.253. The SMILES string of the molecule is Cc1cc(NC(=O)CCN2C(=O)CCC2=O)ccc1N1CCCC1=O. The first kappa shape index (κ1) is 17.1. The van der Waals surface area contributed by atoms with Crippen molar-refractivity contribution in [2.24, 2.45) is 0 Å². The second-order valence-electron chi connectivity index (χ2n) is 6.39. The normalized spacial score (nSPS) is 17.6. The zero-order chi connectivity index (χ0) is 18.0. The molecule has 3 rings (SSSR count). The molecule has 0 aromatic heterocycles. The smallest absolute Gasteiger partial charge is 0.229 e. The van der Waals surface area contributed by atoms with E-state index in [0.29, 0.717) is 12.1 Å². The Balaban J connectivity index is 1.58. The Bertz CT molecular complexity index is 728. The van der Waals surface area contributed by atoms with Gasteiger partial charge in [-0.2, -0.15) is 0 Å². The number of nitrogens with one attached hydrogen (secondary N) is 1. The molecule has 1 aromatic carbocycles. The van der Waals surface area contributed by atoms with Gasteiger partial charge >= 0.3 is 0 Å². The molecule has 2 aliphatic heterocycles. The summed E-state index contributed by atoms with van der Waals surface area (Å²) >= 11 is 0. The van der Waals surface area contributed by atoms with Crippen molar-refractivity contribution in [3.05, 3.63) is 23.8 Å². The second-order valence-corrected chi connectivity index (χ2v) is 6.39. The average molecular weight is 343 g/mol. The molecule has 0 bridgehead atoms. The molecule has 4 amide bonds. The van der Waals surface area contributed by atoms with E-state index >= 15 is 0 Å². The van der Waals surface area contributed by atoms with Gasteiger partial charge in [0.25, 0.3) is 0 Å². The number of hydrogen-bond donors (Lipinski definition) is 1. The lowest BCUT2D eigenvalue weighted by Gasteiger charge is -2.19. The van der Waals surface area contributed by atoms with E-state index in [2.05, 4.69) is 5.32 Å². The highest BCUT2D eigenvalue weighted by Gasteiger charge is 2.28. The van der Waals surface area contributed by atoms with Crippen LogP contribution < -0.4 is 10.2 Å². The van der Waals surface area contributed by atoms with Crippen molar-refractivity contribution in [1.82, 2.24) is 4.90 Å². The van der Waals surface area contributed by atoms with Crippen molar-refractivity contribution in [2.75, 3.05) is 23.3 Å². The van der Waals surface area contributed by atoms with Crippen LogP contribution in [0.2, 0.25) is 0 Å². The van der Waals surface area contributed by atoms with Gasteiger partial charge in [0.1, 0.15) is 0 Å². The molecule has 0 unspecified atom stereocenters. The Morgan fingerprint density at radius 3 is 2.40 bits per heavy atom. The number of nitrogens with zero attached hydrogens (tertiary/aromatic N) is 2. The number of rotatable bonds is 5. The first-order chi connectivity index (χ1) is 12.0. The molecular weight excluding hydrogens is 322 g/mol. The van der Waals surface area contributed by atoms with Gasteiger partial charge in [0.15, 0.2) is 0 Å². The molecule has 132 valence electrons. The molecule has 0 radical (unpaired) electrons. The number of benzene rings is 1. The van der Waals surface area contributed by atoms with Gasteiger partial charge in [-0.1, -0.05) is 0 Å². The highest BCUT2D eigenvalue weighted by molar-refractivity contribution is 6.02. The maximum Gasteiger partial charge on any atom is 0.229 e. The quantitative estimate of drug-likeness (QED) is 0.823. The molecule has 1 aromatic rings. The van der Waals surface area contributed by atoms with Crippen LogP contribution in [0.4, 0.5) is 11.4 Å². The van der Waals surface area contributed by atoms with Gasteiger partial charge in [0, 0.05) is 50.1 Å². The summed E-state index contributed by atoms with van der Waals surface area (Å²) in [7, 11) is 0. The molecule has 2 saturated heterocycles. The Morgan fingerprint density at radius 1 is 1.08 bits per heavy atom. The topological polar surface area (TPSA) is 86.8 Å². The summed E-state index contributed by atoms with van der Waals surface area (Å²) in [5.41, 5.74) is 2.42. The molecule has 7 heteroatoms. The lowest BCUT2D eigenvalue weighted by atomic mass is 10.1. The lowest BCUT2D eigenvalue weighted by molar-refractivity contribution is -0.138. The number of amides is 4. The molecule has 2 heterocycles. The van der Waals surface area contributed by atoms with E-state index in [1.807, 2.05) is 19.1 Å². The zero-order valence-corrected chi connectivity index (χ0v) is 14.2. The first-order valence-corrected chi connectivity index (χ1v) is 8.50. The van der Waals surface area contributed by atoms with Crippen LogP contribution in [0.5, 0.6) is 0 Å². The van der Waals surface area contributed by atoms with E-state index in [9.17, 15) is 19.2 Å². The Hall–Kier alpha value is -2.70. The Morgan fingerprint density at radius 2 is 1.80 bits per heavy atom. The van der Waals surface area contributed by atoms with Crippen molar-refractivity contribution in [2.45, 2.75) is 39.0 Å². The van der Waals surface area contributed by atoms with Crippen LogP contribution in [-0.2, 0) is 19.2 Å². The molecular formula is C18H21N3O4. The van der Waals surface area contributed by atoms with Crippen molar-refractivity contribution < 1.29 is 19.2 Å². The molecule has 0 aliphatic carbocycles. The summed E-state index contributed by atoms with van der Waals surface area (Å²) in [6.45, 7) is 2.74. The van der Waals surface area contributed by atoms with Gasteiger partial charge in [-0.3, -0.25) is 24.1 Å². The highest BCUT2D eigenvalue weighted by Crippen LogP contribution is 2.27. The number of aryl methyl sites for hydroxylation is 1. The minimum Gasteiger partial charge on any atom is -0.326 e. The molecule has 2 aliphatic rings. The summed E-state index contributed by atoms with van der Waals surface area (Å²) < 4.78 is 0. The Labute approximate surface area is 146 Å². The number of anilines is 2. The Kier molecular flexibility index (Phi) is 4.83. The van der Waals surface area contributed by atoms with Gasteiger partial charge in [0.05, 0.1) is 0 Å². The summed E-state index contributed by atoms with van der Waals surface area (Å²) in [5, 5.41) is 2.77. The molecule has 0 atom stereocenters. The fourth-order valence-electron chi connectivity index (χ4n) is 3.25. The number of imide groups is 1. The molecule has 0 saturated carbocycles. The van der Waals surface area contributed by atoms with Crippen LogP contribution >= 0.6 is 0 Å². The molecule has 25 heavy (non-hydrogen) atoms. The maximum atomic E-state index is 12.1. The van der Waals surface area contributed by atoms with Crippen LogP contribution in [0.3, 0.4) is 0 Å². The largest absolute Gasteiger partial charge is 0.326 e. The van der Waals surface area contributed by atoms with Crippen LogP contribution in [-0.4, -0.2) is 41.6 Å². The second kappa shape index (κ2) is 7.04. The van der Waals surface area contributed by atoms with E-state index in [1.54, 1.807) is 11.0 Å². The predicted octanol–water partition coefficient (Wildman–Crippen LogP) is 1.60. The average Bonchev–Trinajstić information content (AvgIpc) is 3.12. The lowest BCUT2D eigenvalue weighted by Crippen LogP contribution is -2.32. The maximum absolute atomic E-state index is 12.1. The van der Waals surface area contributed by atoms with Crippen molar-refractivity contribution in [1.29, 1.82) is 0 Å². The third-order valence-electron chi connectivity index (χ3n) is 4.56. The van der Waals surface area contributed by atoms with E-state index in [0.717, 1.165) is 29.1 Å². The van der Waals surface area contributed by atoms with Gasteiger partial charge < -0.3 is 10.2 Å². The first-order valence-electron chi connectivity index (χ1n) is 8.50. The molecule has 7 nitrogen and oxygen atoms in total. The fraction of sp³-hybridized carbons (Fsp3) is 0.444. The summed E-state index contributed by atoms with van der Waals surface area (Å²) in [4.78, 5) is 49.9. The third kappa shape index (κ3) is 3.70. The van der Waals surface area contributed by atoms with Crippen LogP contribution in [0.1, 0.15) is 37.7 Å². The molecule has 2 fully saturated rings. The molecule has 0 spiro atoms. The van der Waals surface area contributed by atoms with E-state index in [4.69, 9.17) is 0 Å². The van der Waals surface area contributed by atoms with Gasteiger partial charge in [-0.15, -0.1) is 0 Å². The minimum absolute atomic E-state index is 0.0723. The van der Waals surface area contributed by atoms with Gasteiger partial charge in [-0.05, 0) is 37.1 Å². The van der Waals surface area contributed by atoms with E-state index < -0.39 is 0 Å². The summed E-state index contributed by atoms with van der Waals surface area (Å²) in [6.07, 6.45) is 1.98. The number of carbonyl (C=O) groups excluding carboxylic acids is 4. The number of likely N-dealkylation sites (tertiary alicyclic amines) is 1. The van der Waals surface area contributed by atoms with Gasteiger partial charge in [0.2, 0.25) is 23.6 Å². The van der Waals surface area contributed by atoms with Crippen LogP contribution in [0.25, 0.3) is 0 Å². The molecule has 1 N–H and O–H groups in total. The number of carbonyl (C=O) groups is 4. The summed E-state index contributed by atoms with van der Waals surface area (Å²) in [5.74, 6) is -0.557. The van der Waals surface area contributed by atoms with Crippen molar-refractivity contribution in [3.63, 3.8) is 0 Å². The van der Waals surface area contributed by atoms with Gasteiger partial charge in [-0.25, -0.2) is 0 Å². The summed E-state index contributed by atoms with van der Waals surface area (Å²) in [6, 6.07) is 5.42. The monoisotopic (exact) mass is 343 g/mol. The van der Waals surface area contributed by atoms with E-state index in [-0.39, 0.29) is 49.4 Å². The van der Waals surface area contributed by atoms with Crippen molar-refractivity contribution in [3.8, 4) is 0 Å². The number of hydrogen-bond acceptors (Lipinski definition) is 4.